The Labute approximate surface area is 210 Å². The van der Waals surface area contributed by atoms with E-state index in [1.807, 2.05) is 27.7 Å². The van der Waals surface area contributed by atoms with Crippen LogP contribution in [0.5, 0.6) is 0 Å². The number of alkyl carbamates (subject to hydrolysis) is 2. The van der Waals surface area contributed by atoms with E-state index in [0.717, 1.165) is 47.5 Å². The van der Waals surface area contributed by atoms with Crippen LogP contribution in [-0.4, -0.2) is 28.8 Å². The minimum absolute atomic E-state index is 0. The normalized spacial score (nSPS) is 12.4. The third-order valence-electron chi connectivity index (χ3n) is 5.24. The Morgan fingerprint density at radius 2 is 1.64 bits per heavy atom. The molecular weight excluding hydrogens is 542 g/mol. The van der Waals surface area contributed by atoms with Crippen LogP contribution in [0, 0.1) is 5.95 Å². The highest BCUT2D eigenvalue weighted by molar-refractivity contribution is 5.71. The summed E-state index contributed by atoms with van der Waals surface area (Å²) in [4.78, 5) is 24.3. The Balaban J connectivity index is 0.00000385. The van der Waals surface area contributed by atoms with Crippen LogP contribution in [0.3, 0.4) is 0 Å². The lowest BCUT2D eigenvalue weighted by Gasteiger charge is -2.14. The van der Waals surface area contributed by atoms with Crippen LogP contribution < -0.4 is 39.2 Å². The lowest BCUT2D eigenvalue weighted by atomic mass is 10.0. The molecule has 0 unspecified atom stereocenters. The van der Waals surface area contributed by atoms with Gasteiger partial charge < -0.3 is 48.7 Å². The second kappa shape index (κ2) is 11.7. The maximum absolute atomic E-state index is 13.9. The van der Waals surface area contributed by atoms with Crippen LogP contribution in [0.25, 0.3) is 11.3 Å². The lowest BCUT2D eigenvalue weighted by Crippen LogP contribution is -3.00. The Morgan fingerprint density at radius 1 is 1.06 bits per heavy atom. The van der Waals surface area contributed by atoms with Crippen LogP contribution >= 0.6 is 0 Å². The molecule has 2 aromatic rings. The molecule has 3 rings (SSSR count). The standard InChI is InChI=1S/C23H31FN4O4.HI/c1-14(2)25-22(29)31-12-17-18(13-32-23(30)26-15(3)4)21(28-10-6-7-19(17)28)16-8-9-20(24)27(5)11-16;/h8-9,11,14-15H,6-7,10,12-13H2,1-5H3,(H-,25,26,29,30);1H. The van der Waals surface area contributed by atoms with Crippen molar-refractivity contribution in [3.05, 3.63) is 41.1 Å². The monoisotopic (exact) mass is 574 g/mol. The molecule has 33 heavy (non-hydrogen) atoms. The van der Waals surface area contributed by atoms with Gasteiger partial charge in [-0.05, 0) is 46.6 Å². The Bertz CT molecular complexity index is 1010. The summed E-state index contributed by atoms with van der Waals surface area (Å²) >= 11 is 0. The van der Waals surface area contributed by atoms with Gasteiger partial charge in [-0.3, -0.25) is 0 Å². The zero-order chi connectivity index (χ0) is 23.4. The van der Waals surface area contributed by atoms with E-state index in [1.165, 1.54) is 10.6 Å². The van der Waals surface area contributed by atoms with Gasteiger partial charge in [-0.1, -0.05) is 0 Å². The summed E-state index contributed by atoms with van der Waals surface area (Å²) < 4.78 is 28.5. The molecule has 0 atom stereocenters. The number of ether oxygens (including phenoxy) is 2. The molecule has 0 saturated carbocycles. The molecule has 2 amide bonds. The Hall–Kier alpha value is -2.37. The molecule has 10 heteroatoms. The average Bonchev–Trinajstić information content (AvgIpc) is 3.26. The fourth-order valence-corrected chi connectivity index (χ4v) is 3.93. The summed E-state index contributed by atoms with van der Waals surface area (Å²) in [5.41, 5.74) is 4.31. The number of hydrogen-bond donors (Lipinski definition) is 2. The summed E-state index contributed by atoms with van der Waals surface area (Å²) in [6.07, 6.45) is 2.46. The van der Waals surface area contributed by atoms with Crippen molar-refractivity contribution in [2.45, 2.75) is 72.4 Å². The minimum atomic E-state index is -0.522. The number of carbonyl (C=O) groups excluding carboxylic acids is 2. The second-order valence-electron chi connectivity index (χ2n) is 8.61. The van der Waals surface area contributed by atoms with Gasteiger partial charge in [0.15, 0.2) is 6.20 Å². The number of amides is 2. The third-order valence-corrected chi connectivity index (χ3v) is 5.24. The molecule has 8 nitrogen and oxygen atoms in total. The number of nitrogens with zero attached hydrogens (tertiary/aromatic N) is 2. The summed E-state index contributed by atoms with van der Waals surface area (Å²) in [5, 5.41) is 5.43. The molecular formula is C23H32FIN4O4. The average molecular weight is 574 g/mol. The fraction of sp³-hybridized carbons (Fsp3) is 0.522. The molecule has 0 aromatic carbocycles. The van der Waals surface area contributed by atoms with E-state index in [0.29, 0.717) is 0 Å². The number of aryl methyl sites for hydroxylation is 1. The molecule has 0 aliphatic carbocycles. The number of pyridine rings is 1. The van der Waals surface area contributed by atoms with E-state index in [9.17, 15) is 14.0 Å². The first-order chi connectivity index (χ1) is 15.2. The highest BCUT2D eigenvalue weighted by Gasteiger charge is 2.29. The first kappa shape index (κ1) is 26.9. The molecule has 2 aromatic heterocycles. The molecule has 0 saturated heterocycles. The lowest BCUT2D eigenvalue weighted by molar-refractivity contribution is -0.699. The van der Waals surface area contributed by atoms with Crippen LogP contribution in [0.2, 0.25) is 0 Å². The zero-order valence-corrected chi connectivity index (χ0v) is 21.9. The van der Waals surface area contributed by atoms with Crippen molar-refractivity contribution in [3.63, 3.8) is 0 Å². The molecule has 182 valence electrons. The van der Waals surface area contributed by atoms with E-state index in [4.69, 9.17) is 9.47 Å². The zero-order valence-electron chi connectivity index (χ0n) is 19.7. The number of halogens is 2. The van der Waals surface area contributed by atoms with Crippen LogP contribution in [0.15, 0.2) is 18.3 Å². The van der Waals surface area contributed by atoms with Crippen LogP contribution in [0.4, 0.5) is 14.0 Å². The van der Waals surface area contributed by atoms with Crippen molar-refractivity contribution in [2.24, 2.45) is 7.05 Å². The van der Waals surface area contributed by atoms with E-state index in [2.05, 4.69) is 15.2 Å². The van der Waals surface area contributed by atoms with Crippen LogP contribution in [-0.2, 0) is 42.7 Å². The second-order valence-corrected chi connectivity index (χ2v) is 8.61. The van der Waals surface area contributed by atoms with Crippen molar-refractivity contribution in [3.8, 4) is 11.3 Å². The highest BCUT2D eigenvalue weighted by atomic mass is 127. The minimum Gasteiger partial charge on any atom is -1.00 e. The number of carbonyl (C=O) groups is 2. The van der Waals surface area contributed by atoms with E-state index in [1.54, 1.807) is 19.3 Å². The molecule has 0 spiro atoms. The first-order valence-corrected chi connectivity index (χ1v) is 10.9. The Morgan fingerprint density at radius 3 is 2.18 bits per heavy atom. The van der Waals surface area contributed by atoms with Gasteiger partial charge in [0.05, 0.1) is 11.3 Å². The van der Waals surface area contributed by atoms with Gasteiger partial charge >= 0.3 is 18.1 Å². The van der Waals surface area contributed by atoms with Gasteiger partial charge in [-0.25, -0.2) is 9.59 Å². The van der Waals surface area contributed by atoms with Crippen LogP contribution in [0.1, 0.15) is 50.9 Å². The van der Waals surface area contributed by atoms with Crippen molar-refractivity contribution in [2.75, 3.05) is 0 Å². The summed E-state index contributed by atoms with van der Waals surface area (Å²) in [5.74, 6) is -0.357. The van der Waals surface area contributed by atoms with Gasteiger partial charge in [0, 0.05) is 41.5 Å². The topological polar surface area (TPSA) is 85.5 Å². The van der Waals surface area contributed by atoms with Gasteiger partial charge in [0.2, 0.25) is 0 Å². The van der Waals surface area contributed by atoms with E-state index >= 15 is 0 Å². The number of fused-ring (bicyclic) bond motifs is 1. The largest absolute Gasteiger partial charge is 1.00 e. The van der Waals surface area contributed by atoms with Crippen molar-refractivity contribution >= 4 is 12.2 Å². The van der Waals surface area contributed by atoms with Crippen molar-refractivity contribution in [1.82, 2.24) is 15.2 Å². The maximum atomic E-state index is 13.9. The summed E-state index contributed by atoms with van der Waals surface area (Å²) in [6, 6.07) is 3.02. The van der Waals surface area contributed by atoms with Gasteiger partial charge in [0.25, 0.3) is 0 Å². The number of aromatic nitrogens is 2. The predicted octanol–water partition coefficient (Wildman–Crippen LogP) is 0.338. The predicted molar refractivity (Wildman–Crippen MR) is 116 cm³/mol. The third kappa shape index (κ3) is 6.58. The number of hydrogen-bond acceptors (Lipinski definition) is 4. The molecule has 1 aliphatic heterocycles. The summed E-state index contributed by atoms with van der Waals surface area (Å²) in [6.45, 7) is 8.28. The molecule has 0 fully saturated rings. The summed E-state index contributed by atoms with van der Waals surface area (Å²) in [7, 11) is 1.64. The fourth-order valence-electron chi connectivity index (χ4n) is 3.93. The smallest absolute Gasteiger partial charge is 0.407 e. The van der Waals surface area contributed by atoms with E-state index < -0.39 is 12.2 Å². The van der Waals surface area contributed by atoms with Crippen molar-refractivity contribution in [1.29, 1.82) is 0 Å². The quantitative estimate of drug-likeness (QED) is 0.284. The SMILES string of the molecule is CC(C)NC(=O)OCc1c(COC(=O)NC(C)C)c(-c2ccc(F)[n+](C)c2)n2c1CCC2.[I-]. The molecule has 2 N–H and O–H groups in total. The Kier molecular flexibility index (Phi) is 9.50. The molecule has 3 heterocycles. The van der Waals surface area contributed by atoms with Gasteiger partial charge in [-0.2, -0.15) is 4.57 Å². The van der Waals surface area contributed by atoms with Crippen molar-refractivity contribution < 1.29 is 52.0 Å². The number of rotatable bonds is 7. The maximum Gasteiger partial charge on any atom is 0.407 e. The van der Waals surface area contributed by atoms with Gasteiger partial charge in [-0.15, -0.1) is 4.39 Å². The van der Waals surface area contributed by atoms with E-state index in [-0.39, 0.29) is 55.2 Å². The van der Waals surface area contributed by atoms with Gasteiger partial charge in [0.1, 0.15) is 20.3 Å². The first-order valence-electron chi connectivity index (χ1n) is 10.9. The number of nitrogens with one attached hydrogen (secondary N) is 2. The molecule has 0 bridgehead atoms. The molecule has 0 radical (unpaired) electrons. The molecule has 1 aliphatic rings. The highest BCUT2D eigenvalue weighted by Crippen LogP contribution is 2.36.